The van der Waals surface area contributed by atoms with E-state index in [4.69, 9.17) is 14.6 Å². The van der Waals surface area contributed by atoms with Crippen LogP contribution in [0.25, 0.3) is 0 Å². The molecule has 90 valence electrons. The maximum absolute atomic E-state index is 9.48. The highest BCUT2D eigenvalue weighted by Gasteiger charge is 2.43. The Hall–Kier alpha value is 0.110. The summed E-state index contributed by atoms with van der Waals surface area (Å²) in [6.07, 6.45) is -6.04. The molecule has 0 aliphatic carbocycles. The van der Waals surface area contributed by atoms with Gasteiger partial charge in [-0.15, -0.1) is 0 Å². The second-order valence-electron chi connectivity index (χ2n) is 3.29. The monoisotopic (exact) mass is 240 g/mol. The van der Waals surface area contributed by atoms with Crippen molar-refractivity contribution in [1.82, 2.24) is 0 Å². The highest BCUT2D eigenvalue weighted by molar-refractivity contribution is 7.80. The third kappa shape index (κ3) is 3.04. The summed E-state index contributed by atoms with van der Waals surface area (Å²) in [6.45, 7) is -0.211. The van der Waals surface area contributed by atoms with Crippen LogP contribution in [0.3, 0.4) is 0 Å². The first kappa shape index (κ1) is 13.2. The number of ether oxygens (including phenoxy) is 2. The Labute approximate surface area is 92.8 Å². The van der Waals surface area contributed by atoms with Gasteiger partial charge in [0, 0.05) is 5.75 Å². The van der Waals surface area contributed by atoms with Crippen LogP contribution in [0.4, 0.5) is 0 Å². The van der Waals surface area contributed by atoms with Crippen molar-refractivity contribution < 1.29 is 29.9 Å². The molecule has 1 saturated heterocycles. The van der Waals surface area contributed by atoms with E-state index in [2.05, 4.69) is 12.6 Å². The highest BCUT2D eigenvalue weighted by Crippen LogP contribution is 2.21. The molecule has 0 aromatic heterocycles. The third-order valence-corrected chi connectivity index (χ3v) is 2.40. The lowest BCUT2D eigenvalue weighted by molar-refractivity contribution is -0.299. The predicted octanol–water partition coefficient (Wildman–Crippen LogP) is -2.27. The first-order chi connectivity index (χ1) is 7.11. The maximum Gasteiger partial charge on any atom is 0.186 e. The zero-order chi connectivity index (χ0) is 11.4. The summed E-state index contributed by atoms with van der Waals surface area (Å²) < 4.78 is 10.1. The van der Waals surface area contributed by atoms with Gasteiger partial charge >= 0.3 is 0 Å². The molecule has 15 heavy (non-hydrogen) atoms. The number of hydrogen-bond acceptors (Lipinski definition) is 7. The molecule has 1 fully saturated rings. The Balaban J connectivity index is 2.57. The fraction of sp³-hybridized carbons (Fsp3) is 1.00. The lowest BCUT2D eigenvalue weighted by Crippen LogP contribution is -2.59. The molecule has 0 saturated carbocycles. The van der Waals surface area contributed by atoms with Gasteiger partial charge in [0.2, 0.25) is 0 Å². The number of aliphatic hydroxyl groups is 4. The van der Waals surface area contributed by atoms with Crippen LogP contribution in [-0.4, -0.2) is 70.1 Å². The molecule has 0 bridgehead atoms. The molecule has 0 aromatic rings. The largest absolute Gasteiger partial charge is 0.394 e. The fourth-order valence-electron chi connectivity index (χ4n) is 1.37. The van der Waals surface area contributed by atoms with E-state index in [1.165, 1.54) is 0 Å². The summed E-state index contributed by atoms with van der Waals surface area (Å²) in [4.78, 5) is 0. The van der Waals surface area contributed by atoms with Crippen molar-refractivity contribution in [1.29, 1.82) is 0 Å². The van der Waals surface area contributed by atoms with Crippen molar-refractivity contribution >= 4 is 12.6 Å². The van der Waals surface area contributed by atoms with Gasteiger partial charge in [-0.3, -0.25) is 0 Å². The van der Waals surface area contributed by atoms with Crippen molar-refractivity contribution in [2.75, 3.05) is 19.0 Å². The van der Waals surface area contributed by atoms with Crippen LogP contribution in [0.2, 0.25) is 0 Å². The second-order valence-corrected chi connectivity index (χ2v) is 3.74. The van der Waals surface area contributed by atoms with Crippen LogP contribution in [0.15, 0.2) is 0 Å². The van der Waals surface area contributed by atoms with Crippen molar-refractivity contribution in [2.24, 2.45) is 0 Å². The number of thiol groups is 1. The third-order valence-electron chi connectivity index (χ3n) is 2.22. The second kappa shape index (κ2) is 6.00. The average molecular weight is 240 g/mol. The van der Waals surface area contributed by atoms with Gasteiger partial charge in [0.15, 0.2) is 6.29 Å². The Morgan fingerprint density at radius 3 is 2.33 bits per heavy atom. The molecule has 1 aliphatic heterocycles. The maximum atomic E-state index is 9.48. The Kier molecular flexibility index (Phi) is 5.27. The molecule has 0 aromatic carbocycles. The Morgan fingerprint density at radius 2 is 1.80 bits per heavy atom. The van der Waals surface area contributed by atoms with Gasteiger partial charge in [0.05, 0.1) is 13.2 Å². The van der Waals surface area contributed by atoms with Gasteiger partial charge in [0.25, 0.3) is 0 Å². The molecule has 1 aliphatic rings. The molecule has 1 heterocycles. The van der Waals surface area contributed by atoms with Crippen LogP contribution in [0.5, 0.6) is 0 Å². The van der Waals surface area contributed by atoms with Crippen LogP contribution >= 0.6 is 12.6 Å². The van der Waals surface area contributed by atoms with Crippen LogP contribution in [-0.2, 0) is 9.47 Å². The minimum atomic E-state index is -1.39. The lowest BCUT2D eigenvalue weighted by atomic mass is 9.99. The van der Waals surface area contributed by atoms with Gasteiger partial charge in [-0.05, 0) is 0 Å². The van der Waals surface area contributed by atoms with Crippen LogP contribution in [0, 0.1) is 0 Å². The molecular formula is C8H16O6S. The van der Waals surface area contributed by atoms with Gasteiger partial charge in [0.1, 0.15) is 24.4 Å². The molecule has 0 spiro atoms. The van der Waals surface area contributed by atoms with E-state index in [-0.39, 0.29) is 6.61 Å². The van der Waals surface area contributed by atoms with E-state index in [0.29, 0.717) is 5.75 Å². The summed E-state index contributed by atoms with van der Waals surface area (Å²) in [7, 11) is 0. The first-order valence-electron chi connectivity index (χ1n) is 4.64. The summed E-state index contributed by atoms with van der Waals surface area (Å²) in [5, 5.41) is 37.2. The lowest BCUT2D eigenvalue weighted by Gasteiger charge is -2.39. The van der Waals surface area contributed by atoms with Crippen molar-refractivity contribution in [3.8, 4) is 0 Å². The highest BCUT2D eigenvalue weighted by atomic mass is 32.1. The minimum absolute atomic E-state index is 0.242. The standard InChI is InChI=1S/C8H16O6S/c9-3-4-5(10)6(11)7(12)8(14-4)13-1-2-15/h4-12,15H,1-3H2/t4?,5-,6+,7-,8?/m1/s1. The molecule has 5 atom stereocenters. The van der Waals surface area contributed by atoms with Gasteiger partial charge in [-0.2, -0.15) is 12.6 Å². The molecular weight excluding hydrogens is 224 g/mol. The molecule has 6 nitrogen and oxygen atoms in total. The van der Waals surface area contributed by atoms with Gasteiger partial charge in [-0.1, -0.05) is 0 Å². The topological polar surface area (TPSA) is 99.4 Å². The van der Waals surface area contributed by atoms with Crippen LogP contribution < -0.4 is 0 Å². The van der Waals surface area contributed by atoms with E-state index in [9.17, 15) is 15.3 Å². The Bertz CT molecular complexity index is 190. The zero-order valence-corrected chi connectivity index (χ0v) is 8.96. The summed E-state index contributed by atoms with van der Waals surface area (Å²) in [6, 6.07) is 0. The van der Waals surface area contributed by atoms with E-state index < -0.39 is 37.3 Å². The number of hydrogen-bond donors (Lipinski definition) is 5. The summed E-state index contributed by atoms with van der Waals surface area (Å²) in [5.41, 5.74) is 0. The van der Waals surface area contributed by atoms with Crippen molar-refractivity contribution in [3.63, 3.8) is 0 Å². The molecule has 4 N–H and O–H groups in total. The van der Waals surface area contributed by atoms with E-state index in [0.717, 1.165) is 0 Å². The quantitative estimate of drug-likeness (QED) is 0.355. The van der Waals surface area contributed by atoms with Crippen LogP contribution in [0.1, 0.15) is 0 Å². The normalized spacial score (nSPS) is 41.8. The predicted molar refractivity (Wildman–Crippen MR) is 53.6 cm³/mol. The van der Waals surface area contributed by atoms with E-state index >= 15 is 0 Å². The smallest absolute Gasteiger partial charge is 0.186 e. The zero-order valence-electron chi connectivity index (χ0n) is 8.06. The number of aliphatic hydroxyl groups excluding tert-OH is 4. The molecule has 2 unspecified atom stereocenters. The molecule has 0 amide bonds. The van der Waals surface area contributed by atoms with E-state index in [1.54, 1.807) is 0 Å². The molecule has 1 rings (SSSR count). The average Bonchev–Trinajstić information content (AvgIpc) is 2.25. The van der Waals surface area contributed by atoms with Gasteiger partial charge in [-0.25, -0.2) is 0 Å². The summed E-state index contributed by atoms with van der Waals surface area (Å²) in [5.74, 6) is 0.440. The van der Waals surface area contributed by atoms with Crippen molar-refractivity contribution in [2.45, 2.75) is 30.7 Å². The number of rotatable bonds is 4. The summed E-state index contributed by atoms with van der Waals surface area (Å²) >= 11 is 3.91. The fourth-order valence-corrected chi connectivity index (χ4v) is 1.48. The molecule has 7 heteroatoms. The van der Waals surface area contributed by atoms with Crippen molar-refractivity contribution in [3.05, 3.63) is 0 Å². The SMILES string of the molecule is OCC1OC(OCCS)[C@H](O)[C@@H](O)[C@@H]1O. The van der Waals surface area contributed by atoms with Gasteiger partial charge < -0.3 is 29.9 Å². The molecule has 0 radical (unpaired) electrons. The minimum Gasteiger partial charge on any atom is -0.394 e. The first-order valence-corrected chi connectivity index (χ1v) is 5.28. The Morgan fingerprint density at radius 1 is 1.13 bits per heavy atom. The van der Waals surface area contributed by atoms with E-state index in [1.807, 2.05) is 0 Å².